The maximum absolute atomic E-state index is 12.5. The third-order valence-electron chi connectivity index (χ3n) is 5.72. The van der Waals surface area contributed by atoms with Crippen LogP contribution in [0.1, 0.15) is 32.1 Å². The van der Waals surface area contributed by atoms with Crippen molar-refractivity contribution in [2.45, 2.75) is 38.1 Å². The molecule has 2 saturated heterocycles. The molecule has 2 heterocycles. The molecule has 5 nitrogen and oxygen atoms in total. The highest BCUT2D eigenvalue weighted by atomic mass is 16.2. The lowest BCUT2D eigenvalue weighted by atomic mass is 10.2. The fourth-order valence-electron chi connectivity index (χ4n) is 4.21. The molecular weight excluding hydrogens is 348 g/mol. The van der Waals surface area contributed by atoms with Crippen molar-refractivity contribution < 1.29 is 4.79 Å². The van der Waals surface area contributed by atoms with Crippen LogP contribution in [0.2, 0.25) is 0 Å². The SMILES string of the molecule is O=C(Nc1cccc(N2CCCCCC2)c1)NC1CCN(c2ccccc2)C1. The Labute approximate surface area is 167 Å². The van der Waals surface area contributed by atoms with Crippen molar-refractivity contribution >= 4 is 23.1 Å². The van der Waals surface area contributed by atoms with E-state index in [1.807, 2.05) is 18.2 Å². The van der Waals surface area contributed by atoms with E-state index in [1.165, 1.54) is 37.1 Å². The molecule has 4 rings (SSSR count). The molecule has 0 aliphatic carbocycles. The van der Waals surface area contributed by atoms with E-state index in [-0.39, 0.29) is 12.1 Å². The van der Waals surface area contributed by atoms with Crippen LogP contribution in [-0.2, 0) is 0 Å². The van der Waals surface area contributed by atoms with Crippen molar-refractivity contribution in [1.82, 2.24) is 5.32 Å². The van der Waals surface area contributed by atoms with Gasteiger partial charge in [0.1, 0.15) is 0 Å². The summed E-state index contributed by atoms with van der Waals surface area (Å²) in [4.78, 5) is 17.3. The van der Waals surface area contributed by atoms with Crippen molar-refractivity contribution in [3.63, 3.8) is 0 Å². The number of rotatable bonds is 4. The van der Waals surface area contributed by atoms with Crippen LogP contribution < -0.4 is 20.4 Å². The first-order valence-corrected chi connectivity index (χ1v) is 10.5. The summed E-state index contributed by atoms with van der Waals surface area (Å²) in [5, 5.41) is 6.15. The van der Waals surface area contributed by atoms with Crippen LogP contribution in [0.3, 0.4) is 0 Å². The number of anilines is 3. The summed E-state index contributed by atoms with van der Waals surface area (Å²) in [6, 6.07) is 18.7. The van der Waals surface area contributed by atoms with Gasteiger partial charge < -0.3 is 20.4 Å². The zero-order chi connectivity index (χ0) is 19.2. The minimum absolute atomic E-state index is 0.118. The second-order valence-corrected chi connectivity index (χ2v) is 7.82. The molecule has 2 aromatic carbocycles. The summed E-state index contributed by atoms with van der Waals surface area (Å²) in [6.07, 6.45) is 6.10. The lowest BCUT2D eigenvalue weighted by molar-refractivity contribution is 0.249. The third kappa shape index (κ3) is 4.77. The van der Waals surface area contributed by atoms with Crippen LogP contribution in [0.5, 0.6) is 0 Å². The summed E-state index contributed by atoms with van der Waals surface area (Å²) in [7, 11) is 0. The Bertz CT molecular complexity index is 771. The number of nitrogens with one attached hydrogen (secondary N) is 2. The quantitative estimate of drug-likeness (QED) is 0.825. The first-order chi connectivity index (χ1) is 13.8. The van der Waals surface area contributed by atoms with Crippen LogP contribution in [-0.4, -0.2) is 38.3 Å². The topological polar surface area (TPSA) is 47.6 Å². The van der Waals surface area contributed by atoms with Gasteiger partial charge >= 0.3 is 6.03 Å². The number of urea groups is 1. The minimum atomic E-state index is -0.118. The largest absolute Gasteiger partial charge is 0.371 e. The van der Waals surface area contributed by atoms with E-state index in [9.17, 15) is 4.79 Å². The fourth-order valence-corrected chi connectivity index (χ4v) is 4.21. The van der Waals surface area contributed by atoms with Gasteiger partial charge in [-0.3, -0.25) is 0 Å². The number of benzene rings is 2. The van der Waals surface area contributed by atoms with Gasteiger partial charge in [-0.25, -0.2) is 4.79 Å². The lowest BCUT2D eigenvalue weighted by Gasteiger charge is -2.23. The number of hydrogen-bond donors (Lipinski definition) is 2. The first kappa shape index (κ1) is 18.7. The number of para-hydroxylation sites is 1. The molecule has 0 bridgehead atoms. The van der Waals surface area contributed by atoms with Crippen molar-refractivity contribution in [1.29, 1.82) is 0 Å². The summed E-state index contributed by atoms with van der Waals surface area (Å²) < 4.78 is 0. The summed E-state index contributed by atoms with van der Waals surface area (Å²) in [5.41, 5.74) is 3.28. The highest BCUT2D eigenvalue weighted by Gasteiger charge is 2.24. The van der Waals surface area contributed by atoms with E-state index in [0.29, 0.717) is 0 Å². The van der Waals surface area contributed by atoms with Crippen molar-refractivity contribution in [3.05, 3.63) is 54.6 Å². The monoisotopic (exact) mass is 378 g/mol. The molecule has 2 aromatic rings. The molecule has 1 unspecified atom stereocenters. The molecular formula is C23H30N4O. The average Bonchev–Trinajstić information content (AvgIpc) is 3.01. The Morgan fingerprint density at radius 2 is 1.57 bits per heavy atom. The van der Waals surface area contributed by atoms with Gasteiger partial charge in [0.05, 0.1) is 0 Å². The molecule has 2 aliphatic heterocycles. The van der Waals surface area contributed by atoms with E-state index in [4.69, 9.17) is 0 Å². The molecule has 0 spiro atoms. The van der Waals surface area contributed by atoms with Crippen molar-refractivity contribution in [3.8, 4) is 0 Å². The molecule has 28 heavy (non-hydrogen) atoms. The predicted molar refractivity (Wildman–Crippen MR) is 116 cm³/mol. The van der Waals surface area contributed by atoms with Crippen molar-refractivity contribution in [2.75, 3.05) is 41.3 Å². The molecule has 2 N–H and O–H groups in total. The fraction of sp³-hybridized carbons (Fsp3) is 0.435. The standard InChI is InChI=1S/C23H30N4O/c28-23(25-20-13-16-27(18-20)21-10-4-3-5-11-21)24-19-9-8-12-22(17-19)26-14-6-1-2-7-15-26/h3-5,8-12,17,20H,1-2,6-7,13-16,18H2,(H2,24,25,28). The van der Waals surface area contributed by atoms with Crippen molar-refractivity contribution in [2.24, 2.45) is 0 Å². The Morgan fingerprint density at radius 3 is 2.36 bits per heavy atom. The first-order valence-electron chi connectivity index (χ1n) is 10.5. The Morgan fingerprint density at radius 1 is 0.821 bits per heavy atom. The van der Waals surface area contributed by atoms with Gasteiger partial charge in [-0.15, -0.1) is 0 Å². The van der Waals surface area contributed by atoms with E-state index in [1.54, 1.807) is 0 Å². The third-order valence-corrected chi connectivity index (χ3v) is 5.72. The summed E-state index contributed by atoms with van der Waals surface area (Å²) in [6.45, 7) is 4.03. The van der Waals surface area contributed by atoms with Crippen LogP contribution in [0.4, 0.5) is 21.9 Å². The van der Waals surface area contributed by atoms with E-state index in [2.05, 4.69) is 56.8 Å². The number of nitrogens with zero attached hydrogens (tertiary/aromatic N) is 2. The highest BCUT2D eigenvalue weighted by molar-refractivity contribution is 5.90. The van der Waals surface area contributed by atoms with Gasteiger partial charge in [-0.05, 0) is 49.6 Å². The second kappa shape index (κ2) is 9.00. The predicted octanol–water partition coefficient (Wildman–Crippen LogP) is 4.47. The number of hydrogen-bond acceptors (Lipinski definition) is 3. The molecule has 0 saturated carbocycles. The Balaban J connectivity index is 1.31. The molecule has 1 atom stereocenters. The number of carbonyl (C=O) groups is 1. The lowest BCUT2D eigenvalue weighted by Crippen LogP contribution is -2.39. The van der Waals surface area contributed by atoms with Crippen LogP contribution in [0.25, 0.3) is 0 Å². The molecule has 2 amide bonds. The van der Waals surface area contributed by atoms with E-state index >= 15 is 0 Å². The summed E-state index contributed by atoms with van der Waals surface area (Å²) >= 11 is 0. The van der Waals surface area contributed by atoms with Crippen LogP contribution in [0.15, 0.2) is 54.6 Å². The molecule has 2 aliphatic rings. The van der Waals surface area contributed by atoms with Gasteiger partial charge in [0.2, 0.25) is 0 Å². The van der Waals surface area contributed by atoms with Gasteiger partial charge in [0.25, 0.3) is 0 Å². The Hall–Kier alpha value is -2.69. The smallest absolute Gasteiger partial charge is 0.319 e. The van der Waals surface area contributed by atoms with E-state index < -0.39 is 0 Å². The molecule has 5 heteroatoms. The zero-order valence-electron chi connectivity index (χ0n) is 16.4. The minimum Gasteiger partial charge on any atom is -0.371 e. The normalized spacial score (nSPS) is 19.9. The number of amides is 2. The van der Waals surface area contributed by atoms with Gasteiger partial charge in [0.15, 0.2) is 0 Å². The molecule has 0 aromatic heterocycles. The molecule has 2 fully saturated rings. The number of carbonyl (C=O) groups excluding carboxylic acids is 1. The van der Waals surface area contributed by atoms with Gasteiger partial charge in [-0.1, -0.05) is 37.1 Å². The highest BCUT2D eigenvalue weighted by Crippen LogP contribution is 2.23. The van der Waals surface area contributed by atoms with E-state index in [0.717, 1.165) is 38.3 Å². The van der Waals surface area contributed by atoms with Crippen LogP contribution >= 0.6 is 0 Å². The van der Waals surface area contributed by atoms with Gasteiger partial charge in [-0.2, -0.15) is 0 Å². The molecule has 0 radical (unpaired) electrons. The molecule has 148 valence electrons. The maximum Gasteiger partial charge on any atom is 0.319 e. The van der Waals surface area contributed by atoms with Gasteiger partial charge in [0, 0.05) is 49.3 Å². The zero-order valence-corrected chi connectivity index (χ0v) is 16.4. The maximum atomic E-state index is 12.5. The Kier molecular flexibility index (Phi) is 6.00. The average molecular weight is 379 g/mol. The van der Waals surface area contributed by atoms with Crippen LogP contribution in [0, 0.1) is 0 Å². The second-order valence-electron chi connectivity index (χ2n) is 7.82. The summed E-state index contributed by atoms with van der Waals surface area (Å²) in [5.74, 6) is 0.